The number of benzene rings is 8. The molecule has 0 nitrogen and oxygen atoms in total. The molecule has 0 heteroatoms. The smallest absolute Gasteiger partial charge is 0.0159 e. The summed E-state index contributed by atoms with van der Waals surface area (Å²) in [5.41, 5.74) is 13.2. The van der Waals surface area contributed by atoms with Crippen LogP contribution in [0.3, 0.4) is 0 Å². The molecule has 0 saturated carbocycles. The molecule has 8 aromatic carbocycles. The van der Waals surface area contributed by atoms with Crippen molar-refractivity contribution in [2.45, 2.75) is 19.3 Å². The Kier molecular flexibility index (Phi) is 5.64. The largest absolute Gasteiger partial charge is 0.0622 e. The van der Waals surface area contributed by atoms with Gasteiger partial charge in [0, 0.05) is 5.41 Å². The van der Waals surface area contributed by atoms with Gasteiger partial charge in [-0.15, -0.1) is 0 Å². The monoisotopic (exact) mass is 572 g/mol. The van der Waals surface area contributed by atoms with Crippen LogP contribution in [0.15, 0.2) is 158 Å². The summed E-state index contributed by atoms with van der Waals surface area (Å²) in [7, 11) is 0. The van der Waals surface area contributed by atoms with Crippen LogP contribution in [0, 0.1) is 0 Å². The molecule has 0 heterocycles. The van der Waals surface area contributed by atoms with Gasteiger partial charge in [0.05, 0.1) is 0 Å². The van der Waals surface area contributed by atoms with Gasteiger partial charge in [-0.05, 0) is 100 Å². The quantitative estimate of drug-likeness (QED) is 0.185. The van der Waals surface area contributed by atoms with Crippen molar-refractivity contribution in [2.75, 3.05) is 0 Å². The first kappa shape index (κ1) is 26.0. The van der Waals surface area contributed by atoms with Gasteiger partial charge >= 0.3 is 0 Å². The van der Waals surface area contributed by atoms with Gasteiger partial charge in [0.15, 0.2) is 0 Å². The normalized spacial score (nSPS) is 13.3. The van der Waals surface area contributed by atoms with Gasteiger partial charge in [0.1, 0.15) is 0 Å². The zero-order valence-electron chi connectivity index (χ0n) is 25.5. The third-order valence-corrected chi connectivity index (χ3v) is 10.0. The molecule has 0 atom stereocenters. The molecule has 0 aromatic heterocycles. The van der Waals surface area contributed by atoms with Crippen LogP contribution >= 0.6 is 0 Å². The van der Waals surface area contributed by atoms with Crippen LogP contribution in [0.2, 0.25) is 0 Å². The van der Waals surface area contributed by atoms with Crippen LogP contribution in [0.5, 0.6) is 0 Å². The number of fused-ring (bicyclic) bond motifs is 6. The van der Waals surface area contributed by atoms with Crippen LogP contribution in [0.4, 0.5) is 0 Å². The molecule has 212 valence electrons. The zero-order valence-corrected chi connectivity index (χ0v) is 25.5. The van der Waals surface area contributed by atoms with Gasteiger partial charge in [-0.3, -0.25) is 0 Å². The molecule has 0 saturated heterocycles. The van der Waals surface area contributed by atoms with E-state index < -0.39 is 0 Å². The van der Waals surface area contributed by atoms with E-state index in [2.05, 4.69) is 172 Å². The fourth-order valence-electron chi connectivity index (χ4n) is 7.98. The van der Waals surface area contributed by atoms with Crippen molar-refractivity contribution in [1.29, 1.82) is 0 Å². The summed E-state index contributed by atoms with van der Waals surface area (Å²) in [6, 6.07) is 58.4. The van der Waals surface area contributed by atoms with Crippen molar-refractivity contribution in [3.8, 4) is 44.5 Å². The summed E-state index contributed by atoms with van der Waals surface area (Å²) in [4.78, 5) is 0. The van der Waals surface area contributed by atoms with E-state index in [0.29, 0.717) is 0 Å². The average molecular weight is 573 g/mol. The summed E-state index contributed by atoms with van der Waals surface area (Å²) in [5, 5.41) is 7.64. The highest BCUT2D eigenvalue weighted by atomic mass is 14.4. The molecule has 0 fully saturated rings. The van der Waals surface area contributed by atoms with Crippen LogP contribution in [0.1, 0.15) is 25.0 Å². The van der Waals surface area contributed by atoms with E-state index in [-0.39, 0.29) is 5.41 Å². The molecule has 0 amide bonds. The van der Waals surface area contributed by atoms with Gasteiger partial charge in [-0.2, -0.15) is 0 Å². The van der Waals surface area contributed by atoms with E-state index in [4.69, 9.17) is 0 Å². The second-order valence-electron chi connectivity index (χ2n) is 12.9. The van der Waals surface area contributed by atoms with Crippen molar-refractivity contribution < 1.29 is 0 Å². The minimum absolute atomic E-state index is 0.0524. The maximum atomic E-state index is 2.41. The van der Waals surface area contributed by atoms with Crippen LogP contribution in [0.25, 0.3) is 76.8 Å². The lowest BCUT2D eigenvalue weighted by atomic mass is 9.80. The van der Waals surface area contributed by atoms with Crippen LogP contribution in [-0.4, -0.2) is 0 Å². The summed E-state index contributed by atoms with van der Waals surface area (Å²) >= 11 is 0. The second kappa shape index (κ2) is 9.78. The Hall–Kier alpha value is -5.46. The highest BCUT2D eigenvalue weighted by Crippen LogP contribution is 2.54. The molecule has 0 radical (unpaired) electrons. The fraction of sp³-hybridized carbons (Fsp3) is 0.0667. The van der Waals surface area contributed by atoms with E-state index in [1.165, 1.54) is 88.0 Å². The van der Waals surface area contributed by atoms with Gasteiger partial charge in [0.2, 0.25) is 0 Å². The Morgan fingerprint density at radius 3 is 1.44 bits per heavy atom. The highest BCUT2D eigenvalue weighted by Gasteiger charge is 2.37. The number of hydrogen-bond donors (Lipinski definition) is 0. The van der Waals surface area contributed by atoms with Crippen molar-refractivity contribution in [3.63, 3.8) is 0 Å². The molecule has 9 rings (SSSR count). The van der Waals surface area contributed by atoms with Gasteiger partial charge in [0.25, 0.3) is 0 Å². The first-order chi connectivity index (χ1) is 22.1. The molecule has 0 spiro atoms. The molecule has 1 aliphatic rings. The van der Waals surface area contributed by atoms with E-state index in [0.717, 1.165) is 0 Å². The van der Waals surface area contributed by atoms with E-state index in [9.17, 15) is 0 Å². The molecule has 0 aliphatic heterocycles. The third-order valence-electron chi connectivity index (χ3n) is 10.0. The van der Waals surface area contributed by atoms with E-state index in [1.54, 1.807) is 0 Å². The third kappa shape index (κ3) is 3.79. The Morgan fingerprint density at radius 2 is 0.800 bits per heavy atom. The van der Waals surface area contributed by atoms with Crippen molar-refractivity contribution in [2.24, 2.45) is 0 Å². The molecule has 8 aromatic rings. The van der Waals surface area contributed by atoms with Crippen molar-refractivity contribution in [3.05, 3.63) is 169 Å². The summed E-state index contributed by atoms with van der Waals surface area (Å²) in [5.74, 6) is 0. The summed E-state index contributed by atoms with van der Waals surface area (Å²) in [6.45, 7) is 4.73. The first-order valence-corrected chi connectivity index (χ1v) is 15.9. The molecular weight excluding hydrogens is 540 g/mol. The Balaban J connectivity index is 1.44. The topological polar surface area (TPSA) is 0 Å². The lowest BCUT2D eigenvalue weighted by molar-refractivity contribution is 0.660. The SMILES string of the molecule is CC1(C)c2ccccc2-c2c(-c3c4ccccc4c(-c4cc5ccccc5cc4-c4ccccc4)c4ccccc34)cccc21. The van der Waals surface area contributed by atoms with Crippen molar-refractivity contribution in [1.82, 2.24) is 0 Å². The molecular formula is C45H32. The minimum Gasteiger partial charge on any atom is -0.0622 e. The predicted molar refractivity (Wildman–Crippen MR) is 193 cm³/mol. The van der Waals surface area contributed by atoms with Gasteiger partial charge in [-0.25, -0.2) is 0 Å². The first-order valence-electron chi connectivity index (χ1n) is 15.9. The molecule has 45 heavy (non-hydrogen) atoms. The Bertz CT molecular complexity index is 2390. The Labute approximate surface area is 264 Å². The van der Waals surface area contributed by atoms with Gasteiger partial charge in [-0.1, -0.05) is 159 Å². The molecule has 0 bridgehead atoms. The molecule has 1 aliphatic carbocycles. The number of hydrogen-bond acceptors (Lipinski definition) is 0. The molecule has 0 N–H and O–H groups in total. The summed E-state index contributed by atoms with van der Waals surface area (Å²) < 4.78 is 0. The maximum absolute atomic E-state index is 2.41. The Morgan fingerprint density at radius 1 is 0.333 bits per heavy atom. The van der Waals surface area contributed by atoms with Crippen molar-refractivity contribution >= 4 is 32.3 Å². The fourth-order valence-corrected chi connectivity index (χ4v) is 7.98. The highest BCUT2D eigenvalue weighted by molar-refractivity contribution is 6.24. The van der Waals surface area contributed by atoms with Gasteiger partial charge < -0.3 is 0 Å². The van der Waals surface area contributed by atoms with Crippen LogP contribution in [-0.2, 0) is 5.41 Å². The minimum atomic E-state index is -0.0524. The number of rotatable bonds is 3. The lowest BCUT2D eigenvalue weighted by Crippen LogP contribution is -2.14. The zero-order chi connectivity index (χ0) is 30.1. The van der Waals surface area contributed by atoms with E-state index >= 15 is 0 Å². The average Bonchev–Trinajstić information content (AvgIpc) is 3.33. The summed E-state index contributed by atoms with van der Waals surface area (Å²) in [6.07, 6.45) is 0. The van der Waals surface area contributed by atoms with E-state index in [1.807, 2.05) is 0 Å². The maximum Gasteiger partial charge on any atom is 0.0159 e. The standard InChI is InChI=1S/C45H32/c1-45(2)40-25-13-12-23-36(40)44-37(24-14-26-41(44)45)42-32-19-8-10-21-34(32)43(35-22-11-9-20-33(35)42)39-28-31-18-7-6-17-30(31)27-38(39)29-15-4-3-5-16-29/h3-28H,1-2H3. The molecule has 0 unspecified atom stereocenters. The van der Waals surface area contributed by atoms with Crippen LogP contribution < -0.4 is 0 Å². The predicted octanol–water partition coefficient (Wildman–Crippen LogP) is 12.5. The second-order valence-corrected chi connectivity index (χ2v) is 12.9. The lowest BCUT2D eigenvalue weighted by Gasteiger charge is -2.23.